The summed E-state index contributed by atoms with van der Waals surface area (Å²) in [6.45, 7) is 1.37. The highest BCUT2D eigenvalue weighted by Gasteiger charge is 2.32. The number of benzene rings is 1. The molecule has 1 N–H and O–H groups in total. The number of hydrogen-bond donors (Lipinski definition) is 1. The lowest BCUT2D eigenvalue weighted by molar-refractivity contribution is 0.374. The van der Waals surface area contributed by atoms with Gasteiger partial charge in [-0.25, -0.2) is 12.8 Å². The minimum absolute atomic E-state index is 0. The Bertz CT molecular complexity index is 609. The van der Waals surface area contributed by atoms with E-state index in [1.54, 1.807) is 0 Å². The lowest BCUT2D eigenvalue weighted by atomic mass is 10.3. The second-order valence-corrected chi connectivity index (χ2v) is 7.41. The maximum absolute atomic E-state index is 13.7. The summed E-state index contributed by atoms with van der Waals surface area (Å²) in [5, 5.41) is 3.11. The van der Waals surface area contributed by atoms with E-state index in [4.69, 9.17) is 4.74 Å². The van der Waals surface area contributed by atoms with Crippen LogP contribution in [0.15, 0.2) is 21.5 Å². The summed E-state index contributed by atoms with van der Waals surface area (Å²) in [6.07, 6.45) is 0.733. The van der Waals surface area contributed by atoms with E-state index >= 15 is 0 Å². The van der Waals surface area contributed by atoms with Crippen LogP contribution in [0, 0.1) is 5.82 Å². The number of likely N-dealkylation sites (N-methyl/N-ethyl adjacent to an activating group) is 1. The van der Waals surface area contributed by atoms with E-state index < -0.39 is 15.8 Å². The number of halogens is 3. The Labute approximate surface area is 138 Å². The van der Waals surface area contributed by atoms with Gasteiger partial charge in [0.25, 0.3) is 0 Å². The fourth-order valence-electron chi connectivity index (χ4n) is 2.17. The summed E-state index contributed by atoms with van der Waals surface area (Å²) in [5.74, 6) is -0.515. The first-order valence-electron chi connectivity index (χ1n) is 6.09. The van der Waals surface area contributed by atoms with Gasteiger partial charge in [0.15, 0.2) is 0 Å². The monoisotopic (exact) mass is 402 g/mol. The van der Waals surface area contributed by atoms with Crippen LogP contribution < -0.4 is 10.1 Å². The molecule has 1 aromatic carbocycles. The highest BCUT2D eigenvalue weighted by atomic mass is 79.9. The Hall–Kier alpha value is -0.410. The zero-order valence-corrected chi connectivity index (χ0v) is 14.8. The van der Waals surface area contributed by atoms with Crippen LogP contribution in [0.25, 0.3) is 0 Å². The lowest BCUT2D eigenvalue weighted by Gasteiger charge is -2.24. The molecule has 0 saturated carbocycles. The molecule has 1 atom stereocenters. The highest BCUT2D eigenvalue weighted by molar-refractivity contribution is 9.10. The Morgan fingerprint density at radius 1 is 1.48 bits per heavy atom. The topological polar surface area (TPSA) is 58.6 Å². The van der Waals surface area contributed by atoms with Crippen molar-refractivity contribution >= 4 is 38.4 Å². The van der Waals surface area contributed by atoms with Crippen molar-refractivity contribution < 1.29 is 17.5 Å². The molecule has 1 heterocycles. The number of sulfonamides is 1. The molecule has 1 aliphatic heterocycles. The molecule has 1 aromatic rings. The maximum atomic E-state index is 13.7. The summed E-state index contributed by atoms with van der Waals surface area (Å²) in [4.78, 5) is -0.157. The molecular weight excluding hydrogens is 387 g/mol. The van der Waals surface area contributed by atoms with Crippen LogP contribution in [0.3, 0.4) is 0 Å². The van der Waals surface area contributed by atoms with Gasteiger partial charge in [-0.2, -0.15) is 4.31 Å². The van der Waals surface area contributed by atoms with Crippen LogP contribution in [0.2, 0.25) is 0 Å². The zero-order chi connectivity index (χ0) is 14.9. The molecule has 1 unspecified atom stereocenters. The van der Waals surface area contributed by atoms with Gasteiger partial charge in [0.1, 0.15) is 16.5 Å². The van der Waals surface area contributed by atoms with Crippen molar-refractivity contribution in [2.75, 3.05) is 27.2 Å². The molecule has 9 heteroatoms. The maximum Gasteiger partial charge on any atom is 0.246 e. The molecule has 2 rings (SSSR count). The van der Waals surface area contributed by atoms with Crippen molar-refractivity contribution in [1.29, 1.82) is 0 Å². The molecule has 0 amide bonds. The molecule has 0 spiro atoms. The third-order valence-electron chi connectivity index (χ3n) is 3.41. The quantitative estimate of drug-likeness (QED) is 0.835. The third-order valence-corrected chi connectivity index (χ3v) is 5.95. The highest BCUT2D eigenvalue weighted by Crippen LogP contribution is 2.32. The molecule has 0 bridgehead atoms. The molecule has 0 radical (unpaired) electrons. The molecule has 5 nitrogen and oxygen atoms in total. The molecule has 1 saturated heterocycles. The van der Waals surface area contributed by atoms with Gasteiger partial charge in [0, 0.05) is 19.6 Å². The number of hydrogen-bond acceptors (Lipinski definition) is 4. The van der Waals surface area contributed by atoms with E-state index in [-0.39, 0.29) is 33.6 Å². The van der Waals surface area contributed by atoms with E-state index in [1.807, 2.05) is 0 Å². The van der Waals surface area contributed by atoms with Crippen molar-refractivity contribution in [2.45, 2.75) is 17.4 Å². The van der Waals surface area contributed by atoms with E-state index in [2.05, 4.69) is 21.2 Å². The molecule has 120 valence electrons. The van der Waals surface area contributed by atoms with E-state index in [1.165, 1.54) is 24.5 Å². The van der Waals surface area contributed by atoms with Crippen molar-refractivity contribution in [2.24, 2.45) is 0 Å². The smallest absolute Gasteiger partial charge is 0.246 e. The molecular formula is C12H17BrClFN2O3S. The summed E-state index contributed by atoms with van der Waals surface area (Å²) in [7, 11) is -0.934. The predicted octanol–water partition coefficient (Wildman–Crippen LogP) is 2.00. The van der Waals surface area contributed by atoms with Crippen LogP contribution in [0.4, 0.5) is 4.39 Å². The van der Waals surface area contributed by atoms with Gasteiger partial charge in [-0.3, -0.25) is 0 Å². The third kappa shape index (κ3) is 3.68. The number of methoxy groups -OCH3 is 1. The summed E-state index contributed by atoms with van der Waals surface area (Å²) < 4.78 is 45.4. The fourth-order valence-corrected chi connectivity index (χ4v) is 4.03. The molecule has 1 fully saturated rings. The van der Waals surface area contributed by atoms with E-state index in [0.717, 1.165) is 19.0 Å². The molecule has 21 heavy (non-hydrogen) atoms. The van der Waals surface area contributed by atoms with Gasteiger partial charge in [-0.1, -0.05) is 0 Å². The van der Waals surface area contributed by atoms with Crippen LogP contribution in [0.5, 0.6) is 5.75 Å². The summed E-state index contributed by atoms with van der Waals surface area (Å²) >= 11 is 3.02. The summed E-state index contributed by atoms with van der Waals surface area (Å²) in [5.41, 5.74) is 0. The minimum atomic E-state index is -3.80. The normalized spacial score (nSPS) is 18.6. The molecule has 1 aliphatic rings. The first-order valence-corrected chi connectivity index (χ1v) is 8.33. The molecule has 0 aromatic heterocycles. The Morgan fingerprint density at radius 2 is 2.14 bits per heavy atom. The average Bonchev–Trinajstić information content (AvgIpc) is 2.94. The number of nitrogens with zero attached hydrogens (tertiary/aromatic N) is 1. The number of ether oxygens (including phenoxy) is 1. The van der Waals surface area contributed by atoms with Gasteiger partial charge in [-0.15, -0.1) is 12.4 Å². The van der Waals surface area contributed by atoms with Gasteiger partial charge in [0.05, 0.1) is 11.6 Å². The van der Waals surface area contributed by atoms with Gasteiger partial charge in [0.2, 0.25) is 10.0 Å². The number of nitrogens with one attached hydrogen (secondary N) is 1. The van der Waals surface area contributed by atoms with Crippen LogP contribution in [-0.4, -0.2) is 46.0 Å². The first-order chi connectivity index (χ1) is 9.37. The summed E-state index contributed by atoms with van der Waals surface area (Å²) in [6, 6.07) is 2.18. The van der Waals surface area contributed by atoms with Gasteiger partial charge in [-0.05, 0) is 41.0 Å². The fraction of sp³-hybridized carbons (Fsp3) is 0.500. The van der Waals surface area contributed by atoms with E-state index in [9.17, 15) is 12.8 Å². The van der Waals surface area contributed by atoms with Crippen molar-refractivity contribution in [1.82, 2.24) is 9.62 Å². The Morgan fingerprint density at radius 3 is 2.67 bits per heavy atom. The second kappa shape index (κ2) is 7.23. The van der Waals surface area contributed by atoms with Crippen molar-refractivity contribution in [3.63, 3.8) is 0 Å². The van der Waals surface area contributed by atoms with E-state index in [0.29, 0.717) is 6.54 Å². The predicted molar refractivity (Wildman–Crippen MR) is 84.1 cm³/mol. The molecule has 0 aliphatic carbocycles. The average molecular weight is 404 g/mol. The first kappa shape index (κ1) is 18.6. The lowest BCUT2D eigenvalue weighted by Crippen LogP contribution is -2.38. The number of rotatable bonds is 4. The Kier molecular flexibility index (Phi) is 6.42. The second-order valence-electron chi connectivity index (χ2n) is 4.59. The SMILES string of the molecule is COc1cc(Br)c(F)cc1S(=O)(=O)N(C)C1CCNC1.Cl. The van der Waals surface area contributed by atoms with Crippen LogP contribution in [-0.2, 0) is 10.0 Å². The van der Waals surface area contributed by atoms with Crippen LogP contribution in [0.1, 0.15) is 6.42 Å². The zero-order valence-electron chi connectivity index (χ0n) is 11.6. The Balaban J connectivity index is 0.00000220. The van der Waals surface area contributed by atoms with Crippen molar-refractivity contribution in [3.8, 4) is 5.75 Å². The van der Waals surface area contributed by atoms with Gasteiger partial charge < -0.3 is 10.1 Å². The standard InChI is InChI=1S/C12H16BrFN2O3S.ClH/c1-16(8-3-4-15-7-8)20(17,18)12-6-10(14)9(13)5-11(12)19-2;/h5-6,8,15H,3-4,7H2,1-2H3;1H. The largest absolute Gasteiger partial charge is 0.495 e. The minimum Gasteiger partial charge on any atom is -0.495 e. The van der Waals surface area contributed by atoms with Crippen LogP contribution >= 0.6 is 28.3 Å². The van der Waals surface area contributed by atoms with Crippen molar-refractivity contribution in [3.05, 3.63) is 22.4 Å². The van der Waals surface area contributed by atoms with Gasteiger partial charge >= 0.3 is 0 Å².